The molecule has 3 N–H and O–H groups in total. The second-order valence-corrected chi connectivity index (χ2v) is 3.79. The van der Waals surface area contributed by atoms with Crippen LogP contribution in [0, 0.1) is 0 Å². The molecule has 2 aromatic rings. The second kappa shape index (κ2) is 3.22. The Morgan fingerprint density at radius 1 is 1.50 bits per heavy atom. The second-order valence-electron chi connectivity index (χ2n) is 2.90. The van der Waals surface area contributed by atoms with Crippen molar-refractivity contribution < 1.29 is 4.79 Å². The summed E-state index contributed by atoms with van der Waals surface area (Å²) in [6.45, 7) is 0. The SMILES string of the molecule is NC(=O)c1[nH]c2ccc(Cl)cc2c1S. The van der Waals surface area contributed by atoms with Crippen molar-refractivity contribution in [1.82, 2.24) is 4.98 Å². The first-order valence-electron chi connectivity index (χ1n) is 3.89. The van der Waals surface area contributed by atoms with E-state index in [9.17, 15) is 4.79 Å². The van der Waals surface area contributed by atoms with Gasteiger partial charge in [0, 0.05) is 20.8 Å². The van der Waals surface area contributed by atoms with Crippen LogP contribution in [0.15, 0.2) is 23.1 Å². The van der Waals surface area contributed by atoms with Crippen molar-refractivity contribution in [3.63, 3.8) is 0 Å². The molecule has 0 aliphatic carbocycles. The van der Waals surface area contributed by atoms with Gasteiger partial charge in [-0.05, 0) is 18.2 Å². The van der Waals surface area contributed by atoms with Crippen LogP contribution in [0.25, 0.3) is 10.9 Å². The van der Waals surface area contributed by atoms with Crippen LogP contribution in [0.5, 0.6) is 0 Å². The molecular formula is C9H7ClN2OS. The number of fused-ring (bicyclic) bond motifs is 1. The quantitative estimate of drug-likeness (QED) is 0.642. The molecule has 0 unspecified atom stereocenters. The normalized spacial score (nSPS) is 10.7. The van der Waals surface area contributed by atoms with Gasteiger partial charge in [-0.2, -0.15) is 0 Å². The maximum absolute atomic E-state index is 11.0. The Kier molecular flexibility index (Phi) is 2.17. The average Bonchev–Trinajstić information content (AvgIpc) is 2.44. The Labute approximate surface area is 90.6 Å². The van der Waals surface area contributed by atoms with E-state index >= 15 is 0 Å². The van der Waals surface area contributed by atoms with E-state index in [1.807, 2.05) is 0 Å². The smallest absolute Gasteiger partial charge is 0.266 e. The highest BCUT2D eigenvalue weighted by molar-refractivity contribution is 7.80. The fraction of sp³-hybridized carbons (Fsp3) is 0. The molecule has 0 aliphatic rings. The Bertz CT molecular complexity index is 521. The van der Waals surface area contributed by atoms with Crippen LogP contribution in [-0.4, -0.2) is 10.9 Å². The number of amides is 1. The Morgan fingerprint density at radius 2 is 2.21 bits per heavy atom. The number of benzene rings is 1. The number of carbonyl (C=O) groups is 1. The minimum absolute atomic E-state index is 0.311. The van der Waals surface area contributed by atoms with Crippen LogP contribution in [0.3, 0.4) is 0 Å². The zero-order valence-electron chi connectivity index (χ0n) is 7.04. The van der Waals surface area contributed by atoms with E-state index in [0.717, 1.165) is 10.9 Å². The van der Waals surface area contributed by atoms with Crippen molar-refractivity contribution in [3.05, 3.63) is 28.9 Å². The number of aromatic nitrogens is 1. The number of aromatic amines is 1. The summed E-state index contributed by atoms with van der Waals surface area (Å²) in [6.07, 6.45) is 0. The maximum Gasteiger partial charge on any atom is 0.266 e. The largest absolute Gasteiger partial charge is 0.364 e. The first kappa shape index (κ1) is 9.43. The topological polar surface area (TPSA) is 58.9 Å². The summed E-state index contributed by atoms with van der Waals surface area (Å²) in [7, 11) is 0. The lowest BCUT2D eigenvalue weighted by Crippen LogP contribution is -2.11. The molecule has 0 spiro atoms. The number of primary amides is 1. The predicted octanol–water partition coefficient (Wildman–Crippen LogP) is 2.21. The van der Waals surface area contributed by atoms with Gasteiger partial charge in [0.1, 0.15) is 5.69 Å². The summed E-state index contributed by atoms with van der Waals surface area (Å²) in [5, 5.41) is 1.40. The highest BCUT2D eigenvalue weighted by Gasteiger charge is 2.12. The highest BCUT2D eigenvalue weighted by Crippen LogP contribution is 2.27. The van der Waals surface area contributed by atoms with Crippen LogP contribution in [0.4, 0.5) is 0 Å². The zero-order valence-corrected chi connectivity index (χ0v) is 8.69. The van der Waals surface area contributed by atoms with Crippen molar-refractivity contribution in [1.29, 1.82) is 0 Å². The van der Waals surface area contributed by atoms with Gasteiger partial charge in [0.05, 0.1) is 0 Å². The van der Waals surface area contributed by atoms with Gasteiger partial charge in [-0.3, -0.25) is 4.79 Å². The highest BCUT2D eigenvalue weighted by atomic mass is 35.5. The van der Waals surface area contributed by atoms with Crippen molar-refractivity contribution in [2.75, 3.05) is 0 Å². The standard InChI is InChI=1S/C9H7ClN2OS/c10-4-1-2-6-5(3-4)8(14)7(12-6)9(11)13/h1-3,12,14H,(H2,11,13). The molecule has 5 heteroatoms. The van der Waals surface area contributed by atoms with Crippen molar-refractivity contribution >= 4 is 41.0 Å². The molecule has 14 heavy (non-hydrogen) atoms. The molecule has 0 atom stereocenters. The molecule has 0 radical (unpaired) electrons. The lowest BCUT2D eigenvalue weighted by atomic mass is 10.2. The fourth-order valence-electron chi connectivity index (χ4n) is 1.33. The Balaban J connectivity index is 2.80. The van der Waals surface area contributed by atoms with E-state index in [2.05, 4.69) is 17.6 Å². The third kappa shape index (κ3) is 1.36. The number of halogens is 1. The lowest BCUT2D eigenvalue weighted by Gasteiger charge is -1.91. The average molecular weight is 227 g/mol. The molecule has 0 bridgehead atoms. The third-order valence-electron chi connectivity index (χ3n) is 1.98. The van der Waals surface area contributed by atoms with Gasteiger partial charge in [0.15, 0.2) is 0 Å². The lowest BCUT2D eigenvalue weighted by molar-refractivity contribution is 0.0993. The first-order valence-corrected chi connectivity index (χ1v) is 4.72. The van der Waals surface area contributed by atoms with E-state index in [4.69, 9.17) is 17.3 Å². The van der Waals surface area contributed by atoms with Gasteiger partial charge in [0.25, 0.3) is 5.91 Å². The molecule has 2 rings (SSSR count). The summed E-state index contributed by atoms with van der Waals surface area (Å²) in [6, 6.07) is 5.25. The van der Waals surface area contributed by atoms with E-state index in [1.165, 1.54) is 0 Å². The van der Waals surface area contributed by atoms with Gasteiger partial charge in [-0.1, -0.05) is 11.6 Å². The summed E-state index contributed by atoms with van der Waals surface area (Å²) < 4.78 is 0. The molecule has 0 saturated heterocycles. The number of H-pyrrole nitrogens is 1. The molecule has 0 aliphatic heterocycles. The number of nitrogens with two attached hydrogens (primary N) is 1. The number of carbonyl (C=O) groups excluding carboxylic acids is 1. The van der Waals surface area contributed by atoms with Crippen LogP contribution < -0.4 is 5.73 Å². The number of nitrogens with one attached hydrogen (secondary N) is 1. The molecule has 1 amide bonds. The van der Waals surface area contributed by atoms with Gasteiger partial charge in [0.2, 0.25) is 0 Å². The molecular weight excluding hydrogens is 220 g/mol. The van der Waals surface area contributed by atoms with Crippen molar-refractivity contribution in [2.45, 2.75) is 4.90 Å². The summed E-state index contributed by atoms with van der Waals surface area (Å²) in [5.74, 6) is -0.526. The molecule has 0 fully saturated rings. The van der Waals surface area contributed by atoms with Gasteiger partial charge in [-0.25, -0.2) is 0 Å². The fourth-order valence-corrected chi connectivity index (χ4v) is 1.85. The van der Waals surface area contributed by atoms with Crippen LogP contribution in [0.2, 0.25) is 5.02 Å². The number of hydrogen-bond acceptors (Lipinski definition) is 2. The minimum atomic E-state index is -0.526. The van der Waals surface area contributed by atoms with Crippen LogP contribution in [0.1, 0.15) is 10.5 Å². The van der Waals surface area contributed by atoms with Crippen LogP contribution >= 0.6 is 24.2 Å². The van der Waals surface area contributed by atoms with E-state index < -0.39 is 5.91 Å². The molecule has 1 heterocycles. The van der Waals surface area contributed by atoms with Gasteiger partial charge < -0.3 is 10.7 Å². The van der Waals surface area contributed by atoms with Gasteiger partial charge in [-0.15, -0.1) is 12.6 Å². The number of thiol groups is 1. The molecule has 1 aromatic carbocycles. The maximum atomic E-state index is 11.0. The molecule has 72 valence electrons. The Hall–Kier alpha value is -1.13. The molecule has 0 saturated carbocycles. The van der Waals surface area contributed by atoms with Crippen molar-refractivity contribution in [2.24, 2.45) is 5.73 Å². The van der Waals surface area contributed by atoms with Crippen molar-refractivity contribution in [3.8, 4) is 0 Å². The number of rotatable bonds is 1. The monoisotopic (exact) mass is 226 g/mol. The van der Waals surface area contributed by atoms with E-state index in [0.29, 0.717) is 15.6 Å². The summed E-state index contributed by atoms with van der Waals surface area (Å²) >= 11 is 10.0. The van der Waals surface area contributed by atoms with E-state index in [-0.39, 0.29) is 0 Å². The van der Waals surface area contributed by atoms with E-state index in [1.54, 1.807) is 18.2 Å². The predicted molar refractivity (Wildman–Crippen MR) is 59.1 cm³/mol. The molecule has 1 aromatic heterocycles. The number of hydrogen-bond donors (Lipinski definition) is 3. The zero-order chi connectivity index (χ0) is 10.3. The Morgan fingerprint density at radius 3 is 2.86 bits per heavy atom. The molecule has 3 nitrogen and oxygen atoms in total. The third-order valence-corrected chi connectivity index (χ3v) is 2.68. The summed E-state index contributed by atoms with van der Waals surface area (Å²) in [5.41, 5.74) is 6.27. The summed E-state index contributed by atoms with van der Waals surface area (Å²) in [4.78, 5) is 14.4. The first-order chi connectivity index (χ1) is 6.59. The van der Waals surface area contributed by atoms with Gasteiger partial charge >= 0.3 is 0 Å². The minimum Gasteiger partial charge on any atom is -0.364 e. The van der Waals surface area contributed by atoms with Crippen LogP contribution in [-0.2, 0) is 0 Å².